The number of nitrogens with one attached hydrogen (secondary N) is 1. The summed E-state index contributed by atoms with van der Waals surface area (Å²) in [4.78, 5) is 29.2. The summed E-state index contributed by atoms with van der Waals surface area (Å²) in [6, 6.07) is 3.44. The number of hydrogen-bond donors (Lipinski definition) is 2. The van der Waals surface area contributed by atoms with Crippen LogP contribution in [0.1, 0.15) is 39.2 Å². The number of carbonyl (C=O) groups excluding carboxylic acids is 1. The fraction of sp³-hybridized carbons (Fsp3) is 0.278. The van der Waals surface area contributed by atoms with Crippen molar-refractivity contribution in [1.82, 2.24) is 4.98 Å². The van der Waals surface area contributed by atoms with E-state index in [0.717, 1.165) is 10.4 Å². The van der Waals surface area contributed by atoms with E-state index >= 15 is 0 Å². The first-order valence-corrected chi connectivity index (χ1v) is 8.87. The highest BCUT2D eigenvalue weighted by molar-refractivity contribution is 7.16. The maximum atomic E-state index is 12.4. The van der Waals surface area contributed by atoms with E-state index in [9.17, 15) is 14.7 Å². The summed E-state index contributed by atoms with van der Waals surface area (Å²) in [5, 5.41) is 12.5. The lowest BCUT2D eigenvalue weighted by molar-refractivity contribution is -0.115. The molecule has 26 heavy (non-hydrogen) atoms. The van der Waals surface area contributed by atoms with Gasteiger partial charge < -0.3 is 19.3 Å². The Kier molecular flexibility index (Phi) is 4.94. The van der Waals surface area contributed by atoms with Crippen molar-refractivity contribution in [2.45, 2.75) is 33.6 Å². The van der Waals surface area contributed by atoms with Gasteiger partial charge in [0.1, 0.15) is 10.8 Å². The third kappa shape index (κ3) is 3.41. The molecule has 0 aliphatic carbocycles. The van der Waals surface area contributed by atoms with Crippen LogP contribution in [0.5, 0.6) is 0 Å². The van der Waals surface area contributed by atoms with Crippen LogP contribution in [0.3, 0.4) is 0 Å². The zero-order chi connectivity index (χ0) is 18.8. The lowest BCUT2D eigenvalue weighted by Crippen LogP contribution is -2.16. The third-order valence-corrected chi connectivity index (χ3v) is 5.04. The van der Waals surface area contributed by atoms with Crippen molar-refractivity contribution in [2.75, 3.05) is 5.32 Å². The molecule has 1 amide bonds. The van der Waals surface area contributed by atoms with Crippen molar-refractivity contribution < 1.29 is 23.5 Å². The normalized spacial score (nSPS) is 10.9. The summed E-state index contributed by atoms with van der Waals surface area (Å²) in [5.41, 5.74) is 1.39. The van der Waals surface area contributed by atoms with Crippen LogP contribution in [0, 0.1) is 13.8 Å². The molecule has 3 aromatic heterocycles. The minimum Gasteiger partial charge on any atom is -0.478 e. The summed E-state index contributed by atoms with van der Waals surface area (Å²) >= 11 is 1.27. The maximum absolute atomic E-state index is 12.4. The molecule has 0 atom stereocenters. The quantitative estimate of drug-likeness (QED) is 0.674. The number of hydrogen-bond acceptors (Lipinski definition) is 6. The minimum atomic E-state index is -1.04. The minimum absolute atomic E-state index is 0.0203. The first kappa shape index (κ1) is 17.9. The van der Waals surface area contributed by atoms with Gasteiger partial charge in [0.15, 0.2) is 5.76 Å². The first-order chi connectivity index (χ1) is 12.4. The molecule has 0 aliphatic rings. The largest absolute Gasteiger partial charge is 0.478 e. The monoisotopic (exact) mass is 374 g/mol. The fourth-order valence-electron chi connectivity index (χ4n) is 2.74. The molecule has 3 rings (SSSR count). The predicted molar refractivity (Wildman–Crippen MR) is 96.7 cm³/mol. The second-order valence-electron chi connectivity index (χ2n) is 5.72. The van der Waals surface area contributed by atoms with E-state index in [1.54, 1.807) is 19.1 Å². The Hall–Kier alpha value is -2.87. The van der Waals surface area contributed by atoms with Crippen molar-refractivity contribution in [2.24, 2.45) is 0 Å². The van der Waals surface area contributed by atoms with Gasteiger partial charge in [-0.05, 0) is 38.0 Å². The number of carboxylic acids is 1. The van der Waals surface area contributed by atoms with Crippen LogP contribution in [0.15, 0.2) is 27.2 Å². The third-order valence-electron chi connectivity index (χ3n) is 3.98. The summed E-state index contributed by atoms with van der Waals surface area (Å²) in [5.74, 6) is -0.0872. The zero-order valence-electron chi connectivity index (χ0n) is 14.6. The molecule has 0 aromatic carbocycles. The van der Waals surface area contributed by atoms with Gasteiger partial charge in [-0.25, -0.2) is 9.78 Å². The van der Waals surface area contributed by atoms with Crippen molar-refractivity contribution in [3.05, 3.63) is 45.9 Å². The second-order valence-corrected chi connectivity index (χ2v) is 6.95. The first-order valence-electron chi connectivity index (χ1n) is 8.06. The van der Waals surface area contributed by atoms with Crippen molar-refractivity contribution in [3.8, 4) is 11.7 Å². The molecule has 0 bridgehead atoms. The smallest absolute Gasteiger partial charge is 0.339 e. The van der Waals surface area contributed by atoms with Gasteiger partial charge in [0.05, 0.1) is 23.9 Å². The van der Waals surface area contributed by atoms with Gasteiger partial charge in [-0.15, -0.1) is 11.3 Å². The number of aryl methyl sites for hydroxylation is 2. The van der Waals surface area contributed by atoms with E-state index in [-0.39, 0.29) is 17.9 Å². The van der Waals surface area contributed by atoms with E-state index in [0.29, 0.717) is 34.5 Å². The predicted octanol–water partition coefficient (Wildman–Crippen LogP) is 4.05. The molecule has 0 aliphatic heterocycles. The highest BCUT2D eigenvalue weighted by Crippen LogP contribution is 2.33. The van der Waals surface area contributed by atoms with Crippen LogP contribution in [-0.2, 0) is 17.6 Å². The van der Waals surface area contributed by atoms with Gasteiger partial charge in [-0.1, -0.05) is 6.92 Å². The van der Waals surface area contributed by atoms with Crippen LogP contribution in [0.2, 0.25) is 0 Å². The van der Waals surface area contributed by atoms with Gasteiger partial charge in [0.2, 0.25) is 5.91 Å². The van der Waals surface area contributed by atoms with Crippen molar-refractivity contribution in [3.63, 3.8) is 0 Å². The number of anilines is 1. The Morgan fingerprint density at radius 3 is 2.73 bits per heavy atom. The van der Waals surface area contributed by atoms with Gasteiger partial charge in [-0.2, -0.15) is 0 Å². The molecule has 0 saturated heterocycles. The summed E-state index contributed by atoms with van der Waals surface area (Å²) in [7, 11) is 0. The molecule has 3 heterocycles. The molecule has 2 N–H and O–H groups in total. The van der Waals surface area contributed by atoms with E-state index in [1.807, 2.05) is 13.8 Å². The Morgan fingerprint density at radius 1 is 1.35 bits per heavy atom. The molecule has 8 heteroatoms. The van der Waals surface area contributed by atoms with Crippen LogP contribution in [0.4, 0.5) is 5.00 Å². The number of carboxylic acid groups (broad SMARTS) is 1. The molecule has 0 fully saturated rings. The van der Waals surface area contributed by atoms with Crippen molar-refractivity contribution in [1.29, 1.82) is 0 Å². The molecular weight excluding hydrogens is 356 g/mol. The number of furan rings is 1. The maximum Gasteiger partial charge on any atom is 0.339 e. The number of amides is 1. The van der Waals surface area contributed by atoms with Crippen LogP contribution in [0.25, 0.3) is 11.7 Å². The highest BCUT2D eigenvalue weighted by Gasteiger charge is 2.23. The number of aromatic nitrogens is 1. The number of aromatic carboxylic acids is 1. The average molecular weight is 374 g/mol. The van der Waals surface area contributed by atoms with E-state index in [1.165, 1.54) is 17.6 Å². The highest BCUT2D eigenvalue weighted by atomic mass is 32.1. The number of nitrogens with zero attached hydrogens (tertiary/aromatic N) is 1. The number of thiophene rings is 1. The summed E-state index contributed by atoms with van der Waals surface area (Å²) < 4.78 is 10.8. The topological polar surface area (TPSA) is 106 Å². The molecule has 136 valence electrons. The number of rotatable bonds is 6. The Labute approximate surface area is 153 Å². The van der Waals surface area contributed by atoms with Gasteiger partial charge in [0, 0.05) is 4.88 Å². The zero-order valence-corrected chi connectivity index (χ0v) is 15.4. The summed E-state index contributed by atoms with van der Waals surface area (Å²) in [6.45, 7) is 5.46. The van der Waals surface area contributed by atoms with Crippen LogP contribution >= 0.6 is 11.3 Å². The van der Waals surface area contributed by atoms with Gasteiger partial charge >= 0.3 is 5.97 Å². The molecular formula is C18H18N2O5S. The fourth-order valence-corrected chi connectivity index (χ4v) is 3.89. The molecule has 3 aromatic rings. The average Bonchev–Trinajstić information content (AvgIpc) is 3.27. The SMILES string of the molecule is CCc1c(C)sc(NC(=O)Cc2nc(-c3ccco3)oc2C)c1C(=O)O. The van der Waals surface area contributed by atoms with Crippen LogP contribution < -0.4 is 5.32 Å². The summed E-state index contributed by atoms with van der Waals surface area (Å²) in [6.07, 6.45) is 2.08. The standard InChI is InChI=1S/C18H18N2O5S/c1-4-11-10(3)26-17(15(11)18(22)23)20-14(21)8-12-9(2)25-16(19-12)13-6-5-7-24-13/h5-7H,4,8H2,1-3H3,(H,20,21)(H,22,23). The second kappa shape index (κ2) is 7.17. The van der Waals surface area contributed by atoms with Gasteiger partial charge in [-0.3, -0.25) is 4.79 Å². The number of oxazole rings is 1. The Balaban J connectivity index is 1.79. The lowest BCUT2D eigenvalue weighted by atomic mass is 10.1. The van der Waals surface area contributed by atoms with Crippen molar-refractivity contribution >= 4 is 28.2 Å². The van der Waals surface area contributed by atoms with Gasteiger partial charge in [0.25, 0.3) is 5.89 Å². The molecule has 0 radical (unpaired) electrons. The van der Waals surface area contributed by atoms with E-state index < -0.39 is 5.97 Å². The molecule has 7 nitrogen and oxygen atoms in total. The number of carbonyl (C=O) groups is 2. The lowest BCUT2D eigenvalue weighted by Gasteiger charge is -2.04. The van der Waals surface area contributed by atoms with Crippen LogP contribution in [-0.4, -0.2) is 22.0 Å². The van der Waals surface area contributed by atoms with E-state index in [4.69, 9.17) is 8.83 Å². The Bertz CT molecular complexity index is 953. The van der Waals surface area contributed by atoms with E-state index in [2.05, 4.69) is 10.3 Å². The molecule has 0 saturated carbocycles. The Morgan fingerprint density at radius 2 is 2.12 bits per heavy atom. The molecule has 0 unspecified atom stereocenters. The molecule has 0 spiro atoms.